The van der Waals surface area contributed by atoms with Crippen LogP contribution in [0.2, 0.25) is 0 Å². The standard InChI is InChI=1S/C19H29NO/c1-7-9-14-15-10-13(8-2)11-16(19(3,4)5)18(15)21-17(14)12-20-6/h10-11,20H,7-9,12H2,1-6H3. The monoisotopic (exact) mass is 287 g/mol. The van der Waals surface area contributed by atoms with E-state index >= 15 is 0 Å². The fourth-order valence-corrected chi connectivity index (χ4v) is 2.95. The quantitative estimate of drug-likeness (QED) is 0.840. The molecule has 0 atom stereocenters. The lowest BCUT2D eigenvalue weighted by Crippen LogP contribution is -2.12. The molecule has 1 aromatic carbocycles. The van der Waals surface area contributed by atoms with Crippen molar-refractivity contribution in [1.82, 2.24) is 5.32 Å². The summed E-state index contributed by atoms with van der Waals surface area (Å²) in [5, 5.41) is 4.56. The summed E-state index contributed by atoms with van der Waals surface area (Å²) in [6.07, 6.45) is 3.30. The lowest BCUT2D eigenvalue weighted by molar-refractivity contribution is 0.507. The highest BCUT2D eigenvalue weighted by Gasteiger charge is 2.23. The van der Waals surface area contributed by atoms with E-state index in [1.54, 1.807) is 0 Å². The topological polar surface area (TPSA) is 25.2 Å². The first-order valence-corrected chi connectivity index (χ1v) is 8.14. The molecule has 1 aromatic heterocycles. The molecule has 1 heterocycles. The molecule has 0 saturated heterocycles. The van der Waals surface area contributed by atoms with E-state index in [4.69, 9.17) is 4.42 Å². The van der Waals surface area contributed by atoms with Gasteiger partial charge in [-0.25, -0.2) is 0 Å². The molecule has 0 amide bonds. The van der Waals surface area contributed by atoms with Crippen LogP contribution in [0.5, 0.6) is 0 Å². The molecule has 2 heteroatoms. The second-order valence-corrected chi connectivity index (χ2v) is 6.91. The summed E-state index contributed by atoms with van der Waals surface area (Å²) < 4.78 is 6.29. The zero-order valence-corrected chi connectivity index (χ0v) is 14.4. The molecule has 0 aliphatic heterocycles. The average Bonchev–Trinajstić information content (AvgIpc) is 2.75. The maximum atomic E-state index is 6.29. The molecule has 0 radical (unpaired) electrons. The Morgan fingerprint density at radius 2 is 1.86 bits per heavy atom. The molecule has 0 spiro atoms. The number of aryl methyl sites for hydroxylation is 2. The van der Waals surface area contributed by atoms with Crippen molar-refractivity contribution in [2.75, 3.05) is 7.05 Å². The van der Waals surface area contributed by atoms with Gasteiger partial charge in [0.05, 0.1) is 6.54 Å². The van der Waals surface area contributed by atoms with Crippen LogP contribution in [-0.2, 0) is 24.8 Å². The van der Waals surface area contributed by atoms with Gasteiger partial charge < -0.3 is 9.73 Å². The summed E-state index contributed by atoms with van der Waals surface area (Å²) >= 11 is 0. The van der Waals surface area contributed by atoms with Crippen LogP contribution in [0.3, 0.4) is 0 Å². The van der Waals surface area contributed by atoms with Crippen LogP contribution in [0, 0.1) is 0 Å². The fourth-order valence-electron chi connectivity index (χ4n) is 2.95. The average molecular weight is 287 g/mol. The van der Waals surface area contributed by atoms with Gasteiger partial charge in [0.15, 0.2) is 0 Å². The third kappa shape index (κ3) is 3.16. The van der Waals surface area contributed by atoms with Crippen molar-refractivity contribution in [3.05, 3.63) is 34.6 Å². The van der Waals surface area contributed by atoms with Crippen LogP contribution in [0.1, 0.15) is 63.5 Å². The van der Waals surface area contributed by atoms with Gasteiger partial charge in [-0.3, -0.25) is 0 Å². The van der Waals surface area contributed by atoms with Gasteiger partial charge in [0, 0.05) is 16.5 Å². The van der Waals surface area contributed by atoms with E-state index in [1.165, 1.54) is 22.1 Å². The second kappa shape index (κ2) is 6.23. The molecule has 2 rings (SSSR count). The Morgan fingerprint density at radius 3 is 2.38 bits per heavy atom. The van der Waals surface area contributed by atoms with E-state index in [0.717, 1.165) is 37.2 Å². The van der Waals surface area contributed by atoms with Crippen molar-refractivity contribution in [3.63, 3.8) is 0 Å². The molecular weight excluding hydrogens is 258 g/mol. The van der Waals surface area contributed by atoms with Crippen molar-refractivity contribution in [2.24, 2.45) is 0 Å². The van der Waals surface area contributed by atoms with E-state index in [1.807, 2.05) is 7.05 Å². The van der Waals surface area contributed by atoms with Gasteiger partial charge in [-0.1, -0.05) is 47.1 Å². The minimum absolute atomic E-state index is 0.0989. The first kappa shape index (κ1) is 16.1. The van der Waals surface area contributed by atoms with Crippen LogP contribution in [0.15, 0.2) is 16.5 Å². The minimum atomic E-state index is 0.0989. The molecule has 0 saturated carbocycles. The molecule has 2 aromatic rings. The first-order valence-electron chi connectivity index (χ1n) is 8.14. The van der Waals surface area contributed by atoms with E-state index in [-0.39, 0.29) is 5.41 Å². The van der Waals surface area contributed by atoms with Crippen molar-refractivity contribution in [3.8, 4) is 0 Å². The Kier molecular flexibility index (Phi) is 4.77. The maximum Gasteiger partial charge on any atom is 0.138 e. The Balaban J connectivity index is 2.77. The summed E-state index contributed by atoms with van der Waals surface area (Å²) in [4.78, 5) is 0. The number of nitrogens with one attached hydrogen (secondary N) is 1. The normalized spacial score (nSPS) is 12.3. The van der Waals surface area contributed by atoms with Crippen LogP contribution in [-0.4, -0.2) is 7.05 Å². The van der Waals surface area contributed by atoms with Gasteiger partial charge >= 0.3 is 0 Å². The highest BCUT2D eigenvalue weighted by molar-refractivity contribution is 5.86. The van der Waals surface area contributed by atoms with Crippen molar-refractivity contribution >= 4 is 11.0 Å². The molecule has 0 aliphatic carbocycles. The lowest BCUT2D eigenvalue weighted by Gasteiger charge is -2.20. The van der Waals surface area contributed by atoms with Gasteiger partial charge in [0.25, 0.3) is 0 Å². The number of furan rings is 1. The van der Waals surface area contributed by atoms with E-state index in [9.17, 15) is 0 Å². The largest absolute Gasteiger partial charge is 0.459 e. The van der Waals surface area contributed by atoms with Crippen LogP contribution in [0.4, 0.5) is 0 Å². The summed E-state index contributed by atoms with van der Waals surface area (Å²) in [5.74, 6) is 1.10. The number of rotatable bonds is 5. The van der Waals surface area contributed by atoms with Gasteiger partial charge in [-0.2, -0.15) is 0 Å². The summed E-state index contributed by atoms with van der Waals surface area (Å²) in [5.41, 5.74) is 5.32. The molecule has 1 N–H and O–H groups in total. The molecule has 0 fully saturated rings. The molecule has 21 heavy (non-hydrogen) atoms. The van der Waals surface area contributed by atoms with Crippen LogP contribution < -0.4 is 5.32 Å². The van der Waals surface area contributed by atoms with Crippen molar-refractivity contribution in [1.29, 1.82) is 0 Å². The lowest BCUT2D eigenvalue weighted by atomic mass is 9.84. The van der Waals surface area contributed by atoms with Crippen molar-refractivity contribution in [2.45, 2.75) is 65.8 Å². The van der Waals surface area contributed by atoms with Crippen molar-refractivity contribution < 1.29 is 4.42 Å². The van der Waals surface area contributed by atoms with Crippen LogP contribution >= 0.6 is 0 Å². The summed E-state index contributed by atoms with van der Waals surface area (Å²) in [7, 11) is 1.98. The Labute approximate surface area is 128 Å². The zero-order valence-electron chi connectivity index (χ0n) is 14.4. The maximum absolute atomic E-state index is 6.29. The fraction of sp³-hybridized carbons (Fsp3) is 0.579. The highest BCUT2D eigenvalue weighted by Crippen LogP contribution is 2.36. The van der Waals surface area contributed by atoms with E-state index in [0.29, 0.717) is 0 Å². The smallest absolute Gasteiger partial charge is 0.138 e. The molecule has 0 aliphatic rings. The predicted molar refractivity (Wildman–Crippen MR) is 91.1 cm³/mol. The highest BCUT2D eigenvalue weighted by atomic mass is 16.3. The number of fused-ring (bicyclic) bond motifs is 1. The summed E-state index contributed by atoms with van der Waals surface area (Å²) in [6, 6.07) is 4.66. The first-order chi connectivity index (χ1) is 9.92. The second-order valence-electron chi connectivity index (χ2n) is 6.91. The SMILES string of the molecule is CCCc1c(CNC)oc2c(C(C)(C)C)cc(CC)cc12. The van der Waals surface area contributed by atoms with Gasteiger partial charge in [0.1, 0.15) is 11.3 Å². The molecule has 0 bridgehead atoms. The zero-order chi connectivity index (χ0) is 15.6. The number of hydrogen-bond donors (Lipinski definition) is 1. The van der Waals surface area contributed by atoms with E-state index < -0.39 is 0 Å². The van der Waals surface area contributed by atoms with Gasteiger partial charge in [-0.05, 0) is 36.9 Å². The molecule has 116 valence electrons. The number of benzene rings is 1. The van der Waals surface area contributed by atoms with Crippen LogP contribution in [0.25, 0.3) is 11.0 Å². The molecular formula is C19H29NO. The third-order valence-electron chi connectivity index (χ3n) is 4.09. The van der Waals surface area contributed by atoms with Gasteiger partial charge in [0.2, 0.25) is 0 Å². The molecule has 0 unspecified atom stereocenters. The predicted octanol–water partition coefficient (Wildman–Crippen LogP) is 4.96. The van der Waals surface area contributed by atoms with E-state index in [2.05, 4.69) is 52.1 Å². The Bertz CT molecular complexity index is 617. The van der Waals surface area contributed by atoms with Gasteiger partial charge in [-0.15, -0.1) is 0 Å². The molecule has 2 nitrogen and oxygen atoms in total. The third-order valence-corrected chi connectivity index (χ3v) is 4.09. The minimum Gasteiger partial charge on any atom is -0.459 e. The Hall–Kier alpha value is -1.28. The Morgan fingerprint density at radius 1 is 1.14 bits per heavy atom. The summed E-state index contributed by atoms with van der Waals surface area (Å²) in [6.45, 7) is 12.1. The number of hydrogen-bond acceptors (Lipinski definition) is 2.